The number of nitrogen functional groups attached to an aromatic ring is 1. The third-order valence-corrected chi connectivity index (χ3v) is 5.14. The van der Waals surface area contributed by atoms with E-state index in [2.05, 4.69) is 10.6 Å². The van der Waals surface area contributed by atoms with E-state index >= 15 is 0 Å². The summed E-state index contributed by atoms with van der Waals surface area (Å²) in [5.74, 6) is -0.563. The van der Waals surface area contributed by atoms with Crippen molar-refractivity contribution in [2.24, 2.45) is 5.73 Å². The van der Waals surface area contributed by atoms with Crippen molar-refractivity contribution in [2.45, 2.75) is 51.8 Å². The summed E-state index contributed by atoms with van der Waals surface area (Å²) in [4.78, 5) is 39.7. The first-order valence-electron chi connectivity index (χ1n) is 9.04. The number of likely N-dealkylation sites (tertiary alicyclic amines) is 1. The van der Waals surface area contributed by atoms with E-state index in [-0.39, 0.29) is 24.2 Å². The number of amides is 3. The molecule has 0 radical (unpaired) electrons. The van der Waals surface area contributed by atoms with Gasteiger partial charge in [0.25, 0.3) is 0 Å². The maximum atomic E-state index is 12.5. The van der Waals surface area contributed by atoms with Gasteiger partial charge < -0.3 is 26.0 Å². The third-order valence-electron chi connectivity index (χ3n) is 4.02. The average Bonchev–Trinajstić information content (AvgIpc) is 3.25. The topological polar surface area (TPSA) is 138 Å². The summed E-state index contributed by atoms with van der Waals surface area (Å²) in [5, 5.41) is 12.7. The van der Waals surface area contributed by atoms with Gasteiger partial charge in [-0.2, -0.15) is 0 Å². The molecule has 1 aromatic heterocycles. The number of carbonyl (C=O) groups excluding carboxylic acids is 3. The van der Waals surface area contributed by atoms with Crippen LogP contribution in [-0.2, 0) is 20.9 Å². The highest BCUT2D eigenvalue weighted by Crippen LogP contribution is 2.19. The molecule has 10 heteroatoms. The van der Waals surface area contributed by atoms with E-state index in [1.54, 1.807) is 26.8 Å². The van der Waals surface area contributed by atoms with Crippen LogP contribution in [0.25, 0.3) is 0 Å². The molecule has 2 heterocycles. The molecule has 28 heavy (non-hydrogen) atoms. The molecule has 2 rings (SSSR count). The first-order valence-corrected chi connectivity index (χ1v) is 9.85. The lowest BCUT2D eigenvalue weighted by Gasteiger charge is -2.24. The number of nitrogens with two attached hydrogens (primary N) is 1. The molecule has 0 aliphatic carbocycles. The number of nitrogens with one attached hydrogen (secondary N) is 3. The Morgan fingerprint density at radius 2 is 2.04 bits per heavy atom. The van der Waals surface area contributed by atoms with E-state index in [1.165, 1.54) is 16.2 Å². The highest BCUT2D eigenvalue weighted by atomic mass is 32.1. The van der Waals surface area contributed by atoms with Gasteiger partial charge in [0, 0.05) is 11.4 Å². The molecule has 0 spiro atoms. The largest absolute Gasteiger partial charge is 0.444 e. The molecule has 0 bridgehead atoms. The molecule has 1 aliphatic rings. The normalized spacial score (nSPS) is 16.5. The zero-order valence-corrected chi connectivity index (χ0v) is 17.1. The summed E-state index contributed by atoms with van der Waals surface area (Å²) in [7, 11) is 0. The van der Waals surface area contributed by atoms with Gasteiger partial charge in [0.15, 0.2) is 0 Å². The Hall–Kier alpha value is -2.62. The van der Waals surface area contributed by atoms with Crippen LogP contribution >= 0.6 is 11.3 Å². The molecule has 1 saturated heterocycles. The number of thiophene rings is 1. The van der Waals surface area contributed by atoms with E-state index in [0.29, 0.717) is 24.4 Å². The van der Waals surface area contributed by atoms with Crippen LogP contribution in [0.1, 0.15) is 43.4 Å². The van der Waals surface area contributed by atoms with Crippen molar-refractivity contribution in [3.05, 3.63) is 21.9 Å². The summed E-state index contributed by atoms with van der Waals surface area (Å²) in [6.45, 7) is 5.78. The van der Waals surface area contributed by atoms with Crippen molar-refractivity contribution in [2.75, 3.05) is 13.1 Å². The van der Waals surface area contributed by atoms with Gasteiger partial charge in [0.05, 0.1) is 11.4 Å². The summed E-state index contributed by atoms with van der Waals surface area (Å²) in [5.41, 5.74) is 4.80. The Bertz CT molecular complexity index is 755. The molecule has 5 N–H and O–H groups in total. The lowest BCUT2D eigenvalue weighted by atomic mass is 10.2. The number of rotatable bonds is 6. The lowest BCUT2D eigenvalue weighted by molar-refractivity contribution is -0.137. The van der Waals surface area contributed by atoms with Crippen molar-refractivity contribution in [3.8, 4) is 0 Å². The fourth-order valence-electron chi connectivity index (χ4n) is 2.81. The Kier molecular flexibility index (Phi) is 7.00. The van der Waals surface area contributed by atoms with Gasteiger partial charge in [-0.1, -0.05) is 0 Å². The molecule has 1 atom stereocenters. The molecule has 1 unspecified atom stereocenters. The van der Waals surface area contributed by atoms with Crippen molar-refractivity contribution in [3.63, 3.8) is 0 Å². The minimum atomic E-state index is -0.667. The molecular formula is C18H27N5O4S. The highest BCUT2D eigenvalue weighted by Gasteiger charge is 2.34. The fraction of sp³-hybridized carbons (Fsp3) is 0.556. The first-order chi connectivity index (χ1) is 13.1. The van der Waals surface area contributed by atoms with Gasteiger partial charge >= 0.3 is 6.09 Å². The van der Waals surface area contributed by atoms with Crippen LogP contribution in [0.2, 0.25) is 0 Å². The quantitative estimate of drug-likeness (QED) is 0.413. The van der Waals surface area contributed by atoms with Gasteiger partial charge in [0.2, 0.25) is 11.8 Å². The van der Waals surface area contributed by atoms with Gasteiger partial charge in [-0.15, -0.1) is 11.3 Å². The number of nitrogens with zero attached hydrogens (tertiary/aromatic N) is 1. The number of alkyl carbamates (subject to hydrolysis) is 1. The van der Waals surface area contributed by atoms with Crippen LogP contribution in [0, 0.1) is 5.41 Å². The van der Waals surface area contributed by atoms with Crippen LogP contribution in [0.4, 0.5) is 4.79 Å². The van der Waals surface area contributed by atoms with Crippen molar-refractivity contribution >= 4 is 35.1 Å². The summed E-state index contributed by atoms with van der Waals surface area (Å²) < 4.78 is 5.11. The summed E-state index contributed by atoms with van der Waals surface area (Å²) in [6, 6.07) is 2.99. The van der Waals surface area contributed by atoms with Crippen LogP contribution in [0.3, 0.4) is 0 Å². The lowest BCUT2D eigenvalue weighted by Crippen LogP contribution is -2.49. The Balaban J connectivity index is 1.84. The first kappa shape index (κ1) is 21.7. The van der Waals surface area contributed by atoms with E-state index in [0.717, 1.165) is 11.3 Å². The van der Waals surface area contributed by atoms with Gasteiger partial charge in [-0.25, -0.2) is 4.79 Å². The second kappa shape index (κ2) is 9.05. The maximum absolute atomic E-state index is 12.5. The van der Waals surface area contributed by atoms with Crippen molar-refractivity contribution in [1.29, 1.82) is 5.41 Å². The van der Waals surface area contributed by atoms with Crippen LogP contribution < -0.4 is 16.4 Å². The van der Waals surface area contributed by atoms with E-state index < -0.39 is 17.7 Å². The molecule has 9 nitrogen and oxygen atoms in total. The van der Waals surface area contributed by atoms with E-state index in [4.69, 9.17) is 15.9 Å². The van der Waals surface area contributed by atoms with Crippen LogP contribution in [0.5, 0.6) is 0 Å². The smallest absolute Gasteiger partial charge is 0.408 e. The predicted molar refractivity (Wildman–Crippen MR) is 106 cm³/mol. The SMILES string of the molecule is CC(C)(C)OC(=O)NCC(=O)N1CCCC1C(=O)NCc1ccc(C(=N)N)s1. The summed E-state index contributed by atoms with van der Waals surface area (Å²) in [6.07, 6.45) is 0.636. The number of carbonyl (C=O) groups is 3. The van der Waals surface area contributed by atoms with Crippen LogP contribution in [0.15, 0.2) is 12.1 Å². The number of ether oxygens (including phenoxy) is 1. The van der Waals surface area contributed by atoms with E-state index in [1.807, 2.05) is 6.07 Å². The molecule has 154 valence electrons. The molecule has 3 amide bonds. The Morgan fingerprint density at radius 3 is 2.64 bits per heavy atom. The highest BCUT2D eigenvalue weighted by molar-refractivity contribution is 7.14. The Morgan fingerprint density at radius 1 is 1.32 bits per heavy atom. The van der Waals surface area contributed by atoms with Gasteiger partial charge in [-0.05, 0) is 45.7 Å². The zero-order valence-electron chi connectivity index (χ0n) is 16.3. The van der Waals surface area contributed by atoms with E-state index in [9.17, 15) is 14.4 Å². The second-order valence-electron chi connectivity index (χ2n) is 7.50. The minimum Gasteiger partial charge on any atom is -0.444 e. The molecular weight excluding hydrogens is 382 g/mol. The van der Waals surface area contributed by atoms with Gasteiger partial charge in [-0.3, -0.25) is 15.0 Å². The van der Waals surface area contributed by atoms with Crippen molar-refractivity contribution < 1.29 is 19.1 Å². The number of hydrogen-bond acceptors (Lipinski definition) is 6. The molecule has 0 saturated carbocycles. The standard InChI is InChI=1S/C18H27N5O4S/c1-18(2,3)27-17(26)22-10-14(24)23-8-4-5-12(23)16(25)21-9-11-6-7-13(28-11)15(19)20/h6-7,12H,4-5,8-10H2,1-3H3,(H3,19,20)(H,21,25)(H,22,26). The molecule has 1 aromatic rings. The third kappa shape index (κ3) is 6.22. The monoisotopic (exact) mass is 409 g/mol. The number of amidine groups is 1. The maximum Gasteiger partial charge on any atom is 0.408 e. The minimum absolute atomic E-state index is 0.00683. The predicted octanol–water partition coefficient (Wildman–Crippen LogP) is 1.16. The molecule has 1 aliphatic heterocycles. The van der Waals surface area contributed by atoms with Crippen LogP contribution in [-0.4, -0.2) is 53.4 Å². The fourth-order valence-corrected chi connectivity index (χ4v) is 3.62. The molecule has 0 aromatic carbocycles. The summed E-state index contributed by atoms with van der Waals surface area (Å²) >= 11 is 1.34. The average molecular weight is 410 g/mol. The zero-order chi connectivity index (χ0) is 20.9. The van der Waals surface area contributed by atoms with Crippen molar-refractivity contribution in [1.82, 2.24) is 15.5 Å². The second-order valence-corrected chi connectivity index (χ2v) is 8.67. The number of hydrogen-bond donors (Lipinski definition) is 4. The molecule has 1 fully saturated rings. The van der Waals surface area contributed by atoms with Gasteiger partial charge in [0.1, 0.15) is 24.0 Å². The Labute approximate surface area is 168 Å².